The number of nitrogens with one attached hydrogen (secondary N) is 1. The van der Waals surface area contributed by atoms with E-state index >= 15 is 0 Å². The number of hydrogen-bond donors (Lipinski definition) is 1. The Hall–Kier alpha value is -2.14. The van der Waals surface area contributed by atoms with E-state index in [4.69, 9.17) is 11.6 Å². The average molecular weight is 317 g/mol. The predicted molar refractivity (Wildman–Crippen MR) is 87.5 cm³/mol. The summed E-state index contributed by atoms with van der Waals surface area (Å²) in [4.78, 5) is 22.5. The van der Waals surface area contributed by atoms with Gasteiger partial charge in [0.2, 0.25) is 0 Å². The maximum Gasteiger partial charge on any atom is 0.275 e. The maximum atomic E-state index is 12.3. The van der Waals surface area contributed by atoms with E-state index in [1.807, 2.05) is 24.3 Å². The highest BCUT2D eigenvalue weighted by Crippen LogP contribution is 2.28. The van der Waals surface area contributed by atoms with Gasteiger partial charge in [-0.15, -0.1) is 0 Å². The molecule has 0 spiro atoms. The zero-order chi connectivity index (χ0) is 15.4. The summed E-state index contributed by atoms with van der Waals surface area (Å²) in [5, 5.41) is 3.12. The van der Waals surface area contributed by atoms with Crippen molar-refractivity contribution in [3.8, 4) is 0 Å². The topological polar surface area (TPSA) is 58.1 Å². The van der Waals surface area contributed by atoms with E-state index < -0.39 is 0 Å². The standard InChI is InChI=1S/C16H17ClN4O/c17-15-11-18-10-13(19-15)16(22)20-12-6-2-3-7-14(12)21-8-4-1-5-9-21/h2-3,6-7,10-11H,1,4-5,8-9H2,(H,20,22). The van der Waals surface area contributed by atoms with Crippen LogP contribution in [-0.2, 0) is 0 Å². The summed E-state index contributed by atoms with van der Waals surface area (Å²) in [5.74, 6) is -0.306. The van der Waals surface area contributed by atoms with Crippen molar-refractivity contribution in [3.05, 3.63) is 47.5 Å². The molecule has 3 rings (SSSR count). The zero-order valence-electron chi connectivity index (χ0n) is 12.1. The van der Waals surface area contributed by atoms with Crippen LogP contribution in [0.3, 0.4) is 0 Å². The first-order chi connectivity index (χ1) is 10.7. The van der Waals surface area contributed by atoms with Gasteiger partial charge in [-0.05, 0) is 31.4 Å². The molecular weight excluding hydrogens is 300 g/mol. The van der Waals surface area contributed by atoms with Gasteiger partial charge < -0.3 is 10.2 Å². The molecule has 0 unspecified atom stereocenters. The van der Waals surface area contributed by atoms with Crippen LogP contribution in [0.5, 0.6) is 0 Å². The smallest absolute Gasteiger partial charge is 0.275 e. The van der Waals surface area contributed by atoms with Gasteiger partial charge in [0, 0.05) is 13.1 Å². The molecule has 1 N–H and O–H groups in total. The predicted octanol–water partition coefficient (Wildman–Crippen LogP) is 3.37. The van der Waals surface area contributed by atoms with Gasteiger partial charge in [-0.1, -0.05) is 23.7 Å². The minimum Gasteiger partial charge on any atom is -0.370 e. The number of carbonyl (C=O) groups is 1. The van der Waals surface area contributed by atoms with Gasteiger partial charge in [0.1, 0.15) is 10.8 Å². The van der Waals surface area contributed by atoms with Crippen molar-refractivity contribution in [3.63, 3.8) is 0 Å². The van der Waals surface area contributed by atoms with Gasteiger partial charge >= 0.3 is 0 Å². The van der Waals surface area contributed by atoms with Crippen molar-refractivity contribution >= 4 is 28.9 Å². The van der Waals surface area contributed by atoms with Crippen molar-refractivity contribution in [1.29, 1.82) is 0 Å². The number of aromatic nitrogens is 2. The van der Waals surface area contributed by atoms with Gasteiger partial charge in [0.25, 0.3) is 5.91 Å². The number of halogens is 1. The molecular formula is C16H17ClN4O. The fourth-order valence-electron chi connectivity index (χ4n) is 2.63. The SMILES string of the molecule is O=C(Nc1ccccc1N1CCCCC1)c1cncc(Cl)n1. The molecule has 5 nitrogen and oxygen atoms in total. The molecule has 1 fully saturated rings. The molecule has 1 aromatic carbocycles. The normalized spacial score (nSPS) is 14.7. The van der Waals surface area contributed by atoms with E-state index in [0.29, 0.717) is 0 Å². The molecule has 2 heterocycles. The van der Waals surface area contributed by atoms with E-state index in [-0.39, 0.29) is 16.8 Å². The molecule has 0 radical (unpaired) electrons. The van der Waals surface area contributed by atoms with Gasteiger partial charge in [0.15, 0.2) is 0 Å². The van der Waals surface area contributed by atoms with Crippen molar-refractivity contribution in [2.24, 2.45) is 0 Å². The molecule has 1 aliphatic rings. The molecule has 0 bridgehead atoms. The van der Waals surface area contributed by atoms with E-state index in [0.717, 1.165) is 24.5 Å². The number of piperidine rings is 1. The quantitative estimate of drug-likeness (QED) is 0.943. The van der Waals surface area contributed by atoms with Crippen LogP contribution < -0.4 is 10.2 Å². The lowest BCUT2D eigenvalue weighted by atomic mass is 10.1. The lowest BCUT2D eigenvalue weighted by Gasteiger charge is -2.30. The Morgan fingerprint density at radius 3 is 2.68 bits per heavy atom. The fourth-order valence-corrected chi connectivity index (χ4v) is 2.78. The highest BCUT2D eigenvalue weighted by Gasteiger charge is 2.16. The lowest BCUT2D eigenvalue weighted by molar-refractivity contribution is 0.102. The second-order valence-corrected chi connectivity index (χ2v) is 5.63. The van der Waals surface area contributed by atoms with Gasteiger partial charge in [-0.25, -0.2) is 4.98 Å². The summed E-state index contributed by atoms with van der Waals surface area (Å²) in [6.45, 7) is 2.04. The van der Waals surface area contributed by atoms with Crippen LogP contribution in [0.2, 0.25) is 5.15 Å². The van der Waals surface area contributed by atoms with Crippen molar-refractivity contribution in [1.82, 2.24) is 9.97 Å². The van der Waals surface area contributed by atoms with Crippen molar-refractivity contribution in [2.45, 2.75) is 19.3 Å². The number of nitrogens with zero attached hydrogens (tertiary/aromatic N) is 3. The first-order valence-electron chi connectivity index (χ1n) is 7.37. The number of anilines is 2. The molecule has 1 amide bonds. The highest BCUT2D eigenvalue weighted by atomic mass is 35.5. The van der Waals surface area contributed by atoms with Crippen molar-refractivity contribution in [2.75, 3.05) is 23.3 Å². The Kier molecular flexibility index (Phi) is 4.53. The first-order valence-corrected chi connectivity index (χ1v) is 7.75. The van der Waals surface area contributed by atoms with Crippen LogP contribution >= 0.6 is 11.6 Å². The third kappa shape index (κ3) is 3.36. The number of carbonyl (C=O) groups excluding carboxylic acids is 1. The third-order valence-electron chi connectivity index (χ3n) is 3.69. The monoisotopic (exact) mass is 316 g/mol. The van der Waals surface area contributed by atoms with Crippen LogP contribution in [0, 0.1) is 0 Å². The summed E-state index contributed by atoms with van der Waals surface area (Å²) >= 11 is 5.78. The molecule has 114 valence electrons. The van der Waals surface area contributed by atoms with Crippen LogP contribution in [0.25, 0.3) is 0 Å². The van der Waals surface area contributed by atoms with E-state index in [9.17, 15) is 4.79 Å². The van der Waals surface area contributed by atoms with Crippen LogP contribution in [-0.4, -0.2) is 29.0 Å². The molecule has 1 aromatic heterocycles. The Morgan fingerprint density at radius 2 is 1.91 bits per heavy atom. The number of amides is 1. The van der Waals surface area contributed by atoms with E-state index in [1.165, 1.54) is 31.7 Å². The van der Waals surface area contributed by atoms with Gasteiger partial charge in [-0.2, -0.15) is 0 Å². The molecule has 2 aromatic rings. The Labute approximate surface area is 134 Å². The Bertz CT molecular complexity index is 671. The minimum atomic E-state index is -0.306. The van der Waals surface area contributed by atoms with Gasteiger partial charge in [-0.3, -0.25) is 9.78 Å². The summed E-state index contributed by atoms with van der Waals surface area (Å²) in [6.07, 6.45) is 6.44. The number of rotatable bonds is 3. The summed E-state index contributed by atoms with van der Waals surface area (Å²) in [6, 6.07) is 7.83. The number of benzene rings is 1. The molecule has 0 saturated carbocycles. The Morgan fingerprint density at radius 1 is 1.14 bits per heavy atom. The van der Waals surface area contributed by atoms with Gasteiger partial charge in [0.05, 0.1) is 23.8 Å². The molecule has 1 aliphatic heterocycles. The summed E-state index contributed by atoms with van der Waals surface area (Å²) in [5.41, 5.74) is 2.04. The average Bonchev–Trinajstić information content (AvgIpc) is 2.56. The molecule has 0 aliphatic carbocycles. The summed E-state index contributed by atoms with van der Waals surface area (Å²) < 4.78 is 0. The third-order valence-corrected chi connectivity index (χ3v) is 3.87. The number of para-hydroxylation sites is 2. The van der Waals surface area contributed by atoms with E-state index in [1.54, 1.807) is 0 Å². The fraction of sp³-hybridized carbons (Fsp3) is 0.312. The largest absolute Gasteiger partial charge is 0.370 e. The second kappa shape index (κ2) is 6.75. The van der Waals surface area contributed by atoms with E-state index in [2.05, 4.69) is 20.2 Å². The minimum absolute atomic E-state index is 0.206. The lowest BCUT2D eigenvalue weighted by Crippen LogP contribution is -2.30. The molecule has 6 heteroatoms. The maximum absolute atomic E-state index is 12.3. The molecule has 0 atom stereocenters. The molecule has 22 heavy (non-hydrogen) atoms. The summed E-state index contributed by atoms with van der Waals surface area (Å²) in [7, 11) is 0. The van der Waals surface area contributed by atoms with Crippen LogP contribution in [0.4, 0.5) is 11.4 Å². The first kappa shape index (κ1) is 14.8. The van der Waals surface area contributed by atoms with Crippen molar-refractivity contribution < 1.29 is 4.79 Å². The number of hydrogen-bond acceptors (Lipinski definition) is 4. The van der Waals surface area contributed by atoms with Crippen LogP contribution in [0.15, 0.2) is 36.7 Å². The highest BCUT2D eigenvalue weighted by molar-refractivity contribution is 6.29. The second-order valence-electron chi connectivity index (χ2n) is 5.25. The van der Waals surface area contributed by atoms with Crippen LogP contribution in [0.1, 0.15) is 29.8 Å². The zero-order valence-corrected chi connectivity index (χ0v) is 12.9. The Balaban J connectivity index is 1.81. The molecule has 1 saturated heterocycles.